The van der Waals surface area contributed by atoms with E-state index >= 15 is 0 Å². The first kappa shape index (κ1) is 15.9. The van der Waals surface area contributed by atoms with Crippen LogP contribution in [-0.4, -0.2) is 5.11 Å². The Morgan fingerprint density at radius 2 is 1.38 bits per heavy atom. The molecule has 0 bridgehead atoms. The first-order valence-corrected chi connectivity index (χ1v) is 8.01. The lowest BCUT2D eigenvalue weighted by molar-refractivity contribution is 0.475. The molecule has 3 heteroatoms. The van der Waals surface area contributed by atoms with Gasteiger partial charge in [0.1, 0.15) is 17.2 Å². The van der Waals surface area contributed by atoms with E-state index in [0.29, 0.717) is 11.7 Å². The molecule has 3 nitrogen and oxygen atoms in total. The summed E-state index contributed by atoms with van der Waals surface area (Å²) in [6.07, 6.45) is 0.929. The Kier molecular flexibility index (Phi) is 4.71. The number of hydrogen-bond donors (Lipinski definition) is 2. The molecule has 0 aliphatic heterocycles. The topological polar surface area (TPSA) is 55.5 Å². The molecule has 0 aromatic heterocycles. The minimum atomic E-state index is 0.301. The van der Waals surface area contributed by atoms with E-state index in [1.807, 2.05) is 48.5 Å². The highest BCUT2D eigenvalue weighted by Gasteiger charge is 2.07. The summed E-state index contributed by atoms with van der Waals surface area (Å²) in [4.78, 5) is 0. The summed E-state index contributed by atoms with van der Waals surface area (Å²) in [5.74, 6) is 2.27. The predicted molar refractivity (Wildman–Crippen MR) is 97.6 cm³/mol. The predicted octanol–water partition coefficient (Wildman–Crippen LogP) is 5.11. The highest BCUT2D eigenvalue weighted by molar-refractivity contribution is 5.43. The SMILES string of the molecule is CC(Cc1ccc(O)cc1)c1ccc(Oc2ccc(N)cc2)cc1. The molecular formula is C21H21NO2. The van der Waals surface area contributed by atoms with E-state index < -0.39 is 0 Å². The van der Waals surface area contributed by atoms with Crippen LogP contribution < -0.4 is 10.5 Å². The van der Waals surface area contributed by atoms with E-state index in [-0.39, 0.29) is 0 Å². The summed E-state index contributed by atoms with van der Waals surface area (Å²) in [6.45, 7) is 2.20. The number of anilines is 1. The second kappa shape index (κ2) is 7.09. The van der Waals surface area contributed by atoms with Gasteiger partial charge in [0.05, 0.1) is 0 Å². The number of hydrogen-bond acceptors (Lipinski definition) is 3. The summed E-state index contributed by atoms with van der Waals surface area (Å²) in [5.41, 5.74) is 8.87. The number of ether oxygens (including phenoxy) is 1. The summed E-state index contributed by atoms with van der Waals surface area (Å²) in [6, 6.07) is 22.9. The number of aromatic hydroxyl groups is 1. The second-order valence-electron chi connectivity index (χ2n) is 6.01. The third kappa shape index (κ3) is 4.07. The first-order valence-electron chi connectivity index (χ1n) is 8.01. The van der Waals surface area contributed by atoms with Gasteiger partial charge in [-0.3, -0.25) is 0 Å². The second-order valence-corrected chi connectivity index (χ2v) is 6.01. The van der Waals surface area contributed by atoms with Gasteiger partial charge in [-0.25, -0.2) is 0 Å². The number of rotatable bonds is 5. The molecule has 24 heavy (non-hydrogen) atoms. The van der Waals surface area contributed by atoms with Gasteiger partial charge < -0.3 is 15.6 Å². The molecule has 3 N–H and O–H groups in total. The van der Waals surface area contributed by atoms with E-state index in [1.165, 1.54) is 11.1 Å². The number of nitrogen functional groups attached to an aromatic ring is 1. The molecule has 0 fully saturated rings. The number of phenolic OH excluding ortho intramolecular Hbond substituents is 1. The van der Waals surface area contributed by atoms with Crippen LogP contribution in [-0.2, 0) is 6.42 Å². The Hall–Kier alpha value is -2.94. The monoisotopic (exact) mass is 319 g/mol. The molecule has 0 aliphatic rings. The lowest BCUT2D eigenvalue weighted by Crippen LogP contribution is -1.98. The van der Waals surface area contributed by atoms with Crippen molar-refractivity contribution in [3.05, 3.63) is 83.9 Å². The molecule has 0 heterocycles. The van der Waals surface area contributed by atoms with Crippen LogP contribution in [0.2, 0.25) is 0 Å². The average Bonchev–Trinajstić information content (AvgIpc) is 2.59. The maximum absolute atomic E-state index is 9.35. The minimum absolute atomic E-state index is 0.301. The van der Waals surface area contributed by atoms with E-state index in [1.54, 1.807) is 12.1 Å². The first-order chi connectivity index (χ1) is 11.6. The van der Waals surface area contributed by atoms with Gasteiger partial charge in [0, 0.05) is 5.69 Å². The van der Waals surface area contributed by atoms with Crippen molar-refractivity contribution in [2.24, 2.45) is 0 Å². The molecule has 3 aromatic carbocycles. The van der Waals surface area contributed by atoms with Gasteiger partial charge in [-0.05, 0) is 72.0 Å². The van der Waals surface area contributed by atoms with Crippen LogP contribution in [0.25, 0.3) is 0 Å². The fourth-order valence-corrected chi connectivity index (χ4v) is 2.64. The summed E-state index contributed by atoms with van der Waals surface area (Å²) >= 11 is 0. The Morgan fingerprint density at radius 1 is 0.833 bits per heavy atom. The minimum Gasteiger partial charge on any atom is -0.508 e. The third-order valence-corrected chi connectivity index (χ3v) is 4.04. The van der Waals surface area contributed by atoms with Gasteiger partial charge in [-0.1, -0.05) is 31.2 Å². The lowest BCUT2D eigenvalue weighted by Gasteiger charge is -2.13. The molecule has 3 rings (SSSR count). The number of nitrogens with two attached hydrogens (primary N) is 1. The van der Waals surface area contributed by atoms with Crippen LogP contribution in [0.3, 0.4) is 0 Å². The zero-order chi connectivity index (χ0) is 16.9. The Labute approximate surface area is 142 Å². The Morgan fingerprint density at radius 3 is 1.96 bits per heavy atom. The Bertz CT molecular complexity index is 778. The summed E-state index contributed by atoms with van der Waals surface area (Å²) < 4.78 is 5.82. The molecule has 3 aromatic rings. The van der Waals surface area contributed by atoms with Crippen LogP contribution >= 0.6 is 0 Å². The quantitative estimate of drug-likeness (QED) is 0.642. The van der Waals surface area contributed by atoms with Crippen molar-refractivity contribution in [1.29, 1.82) is 0 Å². The molecule has 0 radical (unpaired) electrons. The maximum atomic E-state index is 9.35. The smallest absolute Gasteiger partial charge is 0.127 e. The van der Waals surface area contributed by atoms with Crippen molar-refractivity contribution in [2.75, 3.05) is 5.73 Å². The Balaban J connectivity index is 1.64. The molecule has 0 aliphatic carbocycles. The van der Waals surface area contributed by atoms with Crippen LogP contribution in [0.15, 0.2) is 72.8 Å². The van der Waals surface area contributed by atoms with Crippen LogP contribution in [0, 0.1) is 0 Å². The maximum Gasteiger partial charge on any atom is 0.127 e. The van der Waals surface area contributed by atoms with Crippen LogP contribution in [0.4, 0.5) is 5.69 Å². The molecule has 0 saturated heterocycles. The van der Waals surface area contributed by atoms with Crippen LogP contribution in [0.5, 0.6) is 17.2 Å². The molecule has 0 saturated carbocycles. The van der Waals surface area contributed by atoms with Crippen molar-refractivity contribution >= 4 is 5.69 Å². The van der Waals surface area contributed by atoms with Gasteiger partial charge >= 0.3 is 0 Å². The molecule has 0 spiro atoms. The van der Waals surface area contributed by atoms with Crippen molar-refractivity contribution in [2.45, 2.75) is 19.3 Å². The van der Waals surface area contributed by atoms with Crippen molar-refractivity contribution in [3.8, 4) is 17.2 Å². The molecule has 1 unspecified atom stereocenters. The van der Waals surface area contributed by atoms with Crippen LogP contribution in [0.1, 0.15) is 24.0 Å². The zero-order valence-corrected chi connectivity index (χ0v) is 13.6. The van der Waals surface area contributed by atoms with E-state index in [9.17, 15) is 5.11 Å². The van der Waals surface area contributed by atoms with E-state index in [4.69, 9.17) is 10.5 Å². The van der Waals surface area contributed by atoms with Gasteiger partial charge in [-0.2, -0.15) is 0 Å². The molecule has 122 valence electrons. The normalized spacial score (nSPS) is 11.9. The molecular weight excluding hydrogens is 298 g/mol. The highest BCUT2D eigenvalue weighted by Crippen LogP contribution is 2.26. The molecule has 1 atom stereocenters. The standard InChI is InChI=1S/C21H21NO2/c1-15(14-16-2-8-19(23)9-3-16)17-4-10-20(11-5-17)24-21-12-6-18(22)7-13-21/h2-13,15,23H,14,22H2,1H3. The largest absolute Gasteiger partial charge is 0.508 e. The average molecular weight is 319 g/mol. The fourth-order valence-electron chi connectivity index (χ4n) is 2.64. The number of benzene rings is 3. The fraction of sp³-hybridized carbons (Fsp3) is 0.143. The zero-order valence-electron chi connectivity index (χ0n) is 13.6. The summed E-state index contributed by atoms with van der Waals surface area (Å²) in [5, 5.41) is 9.35. The van der Waals surface area contributed by atoms with Crippen molar-refractivity contribution in [3.63, 3.8) is 0 Å². The van der Waals surface area contributed by atoms with Crippen molar-refractivity contribution < 1.29 is 9.84 Å². The van der Waals surface area contributed by atoms with Gasteiger partial charge in [0.25, 0.3) is 0 Å². The van der Waals surface area contributed by atoms with Gasteiger partial charge in [-0.15, -0.1) is 0 Å². The van der Waals surface area contributed by atoms with Crippen molar-refractivity contribution in [1.82, 2.24) is 0 Å². The van der Waals surface area contributed by atoms with Gasteiger partial charge in [0.2, 0.25) is 0 Å². The van der Waals surface area contributed by atoms with Gasteiger partial charge in [0.15, 0.2) is 0 Å². The third-order valence-electron chi connectivity index (χ3n) is 4.04. The molecule has 0 amide bonds. The number of phenols is 1. The highest BCUT2D eigenvalue weighted by atomic mass is 16.5. The lowest BCUT2D eigenvalue weighted by atomic mass is 9.94. The van der Waals surface area contributed by atoms with E-state index in [2.05, 4.69) is 19.1 Å². The van der Waals surface area contributed by atoms with E-state index in [0.717, 1.165) is 23.6 Å². The summed E-state index contributed by atoms with van der Waals surface area (Å²) in [7, 11) is 0.